The van der Waals surface area contributed by atoms with Crippen LogP contribution in [0, 0.1) is 0 Å². The third-order valence-electron chi connectivity index (χ3n) is 3.47. The Kier molecular flexibility index (Phi) is 3.09. The summed E-state index contributed by atoms with van der Waals surface area (Å²) in [6.45, 7) is 1.86. The molecule has 7 nitrogen and oxygen atoms in total. The van der Waals surface area contributed by atoms with Crippen molar-refractivity contribution in [2.75, 3.05) is 12.8 Å². The molecule has 0 radical (unpaired) electrons. The average Bonchev–Trinajstić information content (AvgIpc) is 3.10. The van der Waals surface area contributed by atoms with Crippen molar-refractivity contribution in [1.82, 2.24) is 15.2 Å². The zero-order valence-electron chi connectivity index (χ0n) is 11.6. The second-order valence-electron chi connectivity index (χ2n) is 4.78. The molecular formula is C14H14N4O3. The Balaban J connectivity index is 1.88. The van der Waals surface area contributed by atoms with E-state index < -0.39 is 0 Å². The highest BCUT2D eigenvalue weighted by atomic mass is 16.6. The molecular weight excluding hydrogens is 272 g/mol. The molecule has 0 saturated carbocycles. The molecule has 1 amide bonds. The maximum Gasteiger partial charge on any atom is 0.280 e. The summed E-state index contributed by atoms with van der Waals surface area (Å²) in [5.74, 6) is 0.285. The van der Waals surface area contributed by atoms with Gasteiger partial charge in [0, 0.05) is 12.4 Å². The summed E-state index contributed by atoms with van der Waals surface area (Å²) < 4.78 is 10.2. The predicted molar refractivity (Wildman–Crippen MR) is 75.4 cm³/mol. The van der Waals surface area contributed by atoms with Crippen LogP contribution in [0.2, 0.25) is 0 Å². The zero-order valence-corrected chi connectivity index (χ0v) is 11.6. The molecule has 0 bridgehead atoms. The quantitative estimate of drug-likeness (QED) is 0.792. The van der Waals surface area contributed by atoms with Gasteiger partial charge in [-0.3, -0.25) is 4.79 Å². The summed E-state index contributed by atoms with van der Waals surface area (Å²) in [5.41, 5.74) is 6.32. The molecule has 0 aliphatic carbocycles. The molecule has 7 heteroatoms. The van der Waals surface area contributed by atoms with Crippen LogP contribution in [-0.4, -0.2) is 28.2 Å². The second-order valence-corrected chi connectivity index (χ2v) is 4.78. The molecule has 0 fully saturated rings. The number of aromatic nitrogens is 2. The van der Waals surface area contributed by atoms with Crippen LogP contribution >= 0.6 is 0 Å². The fraction of sp³-hybridized carbons (Fsp3) is 0.214. The molecule has 2 heterocycles. The fourth-order valence-electron chi connectivity index (χ4n) is 2.09. The summed E-state index contributed by atoms with van der Waals surface area (Å²) in [5, 5.41) is 7.92. The van der Waals surface area contributed by atoms with Gasteiger partial charge >= 0.3 is 0 Å². The topological polar surface area (TPSA) is 98.4 Å². The van der Waals surface area contributed by atoms with Gasteiger partial charge in [-0.15, -0.1) is 0 Å². The Morgan fingerprint density at radius 2 is 2.10 bits per heavy atom. The van der Waals surface area contributed by atoms with Gasteiger partial charge in [-0.2, -0.15) is 0 Å². The highest BCUT2D eigenvalue weighted by Crippen LogP contribution is 2.27. The lowest BCUT2D eigenvalue weighted by Crippen LogP contribution is -2.30. The minimum absolute atomic E-state index is 0.000427. The Morgan fingerprint density at radius 3 is 2.76 bits per heavy atom. The summed E-state index contributed by atoms with van der Waals surface area (Å²) >= 11 is 0. The largest absolute Gasteiger partial charge is 0.459 e. The Hall–Kier alpha value is -2.83. The van der Waals surface area contributed by atoms with Crippen molar-refractivity contribution in [3.05, 3.63) is 41.8 Å². The number of carbonyl (C=O) groups is 1. The molecule has 1 atom stereocenters. The summed E-state index contributed by atoms with van der Waals surface area (Å²) in [6.07, 6.45) is 0. The van der Waals surface area contributed by atoms with Crippen molar-refractivity contribution in [3.63, 3.8) is 0 Å². The molecule has 0 spiro atoms. The van der Waals surface area contributed by atoms with E-state index in [1.54, 1.807) is 7.05 Å². The van der Waals surface area contributed by atoms with Gasteiger partial charge in [-0.05, 0) is 29.4 Å². The van der Waals surface area contributed by atoms with E-state index in [2.05, 4.69) is 14.9 Å². The van der Waals surface area contributed by atoms with Crippen molar-refractivity contribution in [2.45, 2.75) is 13.0 Å². The fourth-order valence-corrected chi connectivity index (χ4v) is 2.09. The van der Waals surface area contributed by atoms with E-state index in [4.69, 9.17) is 10.2 Å². The van der Waals surface area contributed by atoms with Gasteiger partial charge < -0.3 is 15.1 Å². The van der Waals surface area contributed by atoms with Crippen molar-refractivity contribution < 1.29 is 13.8 Å². The standard InChI is InChI=1S/C14H14N4O3/c1-8(11-7-9-5-3-4-6-10(9)20-11)18(2)14(19)12-13(15)17-21-16-12/h3-8H,1-2H3,(H2,15,17). The number of furan rings is 1. The Bertz CT molecular complexity index is 759. The summed E-state index contributed by atoms with van der Waals surface area (Å²) in [4.78, 5) is 13.8. The lowest BCUT2D eigenvalue weighted by molar-refractivity contribution is 0.0717. The van der Waals surface area contributed by atoms with Crippen molar-refractivity contribution in [2.24, 2.45) is 0 Å². The number of hydrogen-bond donors (Lipinski definition) is 1. The number of amides is 1. The molecule has 1 aromatic carbocycles. The highest BCUT2D eigenvalue weighted by Gasteiger charge is 2.26. The predicted octanol–water partition coefficient (Wildman–Crippen LogP) is 2.23. The molecule has 108 valence electrons. The minimum Gasteiger partial charge on any atom is -0.459 e. The third-order valence-corrected chi connectivity index (χ3v) is 3.47. The number of fused-ring (bicyclic) bond motifs is 1. The van der Waals surface area contributed by atoms with Crippen LogP contribution in [0.1, 0.15) is 29.2 Å². The summed E-state index contributed by atoms with van der Waals surface area (Å²) in [7, 11) is 1.65. The third kappa shape index (κ3) is 2.22. The van der Waals surface area contributed by atoms with Crippen LogP contribution in [0.25, 0.3) is 11.0 Å². The molecule has 3 rings (SSSR count). The van der Waals surface area contributed by atoms with Crippen molar-refractivity contribution in [1.29, 1.82) is 0 Å². The number of nitrogen functional groups attached to an aromatic ring is 1. The van der Waals surface area contributed by atoms with E-state index >= 15 is 0 Å². The van der Waals surface area contributed by atoms with Crippen LogP contribution in [0.3, 0.4) is 0 Å². The van der Waals surface area contributed by atoms with Gasteiger partial charge in [0.05, 0.1) is 6.04 Å². The molecule has 0 aliphatic heterocycles. The number of carbonyl (C=O) groups excluding carboxylic acids is 1. The van der Waals surface area contributed by atoms with Crippen molar-refractivity contribution in [3.8, 4) is 0 Å². The second kappa shape index (κ2) is 4.93. The SMILES string of the molecule is CC(c1cc2ccccc2o1)N(C)C(=O)c1nonc1N. The van der Waals surface area contributed by atoms with E-state index in [9.17, 15) is 4.79 Å². The van der Waals surface area contributed by atoms with Crippen LogP contribution in [0.15, 0.2) is 39.4 Å². The smallest absolute Gasteiger partial charge is 0.280 e. The minimum atomic E-state index is -0.373. The van der Waals surface area contributed by atoms with Crippen molar-refractivity contribution >= 4 is 22.7 Å². The van der Waals surface area contributed by atoms with Crippen LogP contribution in [0.5, 0.6) is 0 Å². The first kappa shape index (κ1) is 13.2. The maximum atomic E-state index is 12.3. The number of benzene rings is 1. The number of nitrogens with two attached hydrogens (primary N) is 1. The van der Waals surface area contributed by atoms with Gasteiger partial charge in [0.1, 0.15) is 11.3 Å². The molecule has 1 unspecified atom stereocenters. The number of nitrogens with zero attached hydrogens (tertiary/aromatic N) is 3. The molecule has 3 aromatic rings. The molecule has 2 aromatic heterocycles. The van der Waals surface area contributed by atoms with E-state index in [1.807, 2.05) is 37.3 Å². The Morgan fingerprint density at radius 1 is 1.33 bits per heavy atom. The van der Waals surface area contributed by atoms with E-state index in [0.29, 0.717) is 5.76 Å². The normalized spacial score (nSPS) is 12.5. The molecule has 0 saturated heterocycles. The average molecular weight is 286 g/mol. The number of hydrogen-bond acceptors (Lipinski definition) is 6. The van der Waals surface area contributed by atoms with Crippen LogP contribution in [0.4, 0.5) is 5.82 Å². The van der Waals surface area contributed by atoms with Crippen LogP contribution in [-0.2, 0) is 0 Å². The Labute approximate surface area is 120 Å². The van der Waals surface area contributed by atoms with Gasteiger partial charge in [-0.1, -0.05) is 18.2 Å². The van der Waals surface area contributed by atoms with Gasteiger partial charge in [0.25, 0.3) is 5.91 Å². The van der Waals surface area contributed by atoms with Gasteiger partial charge in [0.15, 0.2) is 0 Å². The van der Waals surface area contributed by atoms with Gasteiger partial charge in [-0.25, -0.2) is 4.63 Å². The monoisotopic (exact) mass is 286 g/mol. The highest BCUT2D eigenvalue weighted by molar-refractivity contribution is 5.96. The molecule has 21 heavy (non-hydrogen) atoms. The first-order chi connectivity index (χ1) is 10.1. The maximum absolute atomic E-state index is 12.3. The molecule has 0 aliphatic rings. The van der Waals surface area contributed by atoms with E-state index in [1.165, 1.54) is 4.90 Å². The first-order valence-corrected chi connectivity index (χ1v) is 6.41. The summed E-state index contributed by atoms with van der Waals surface area (Å²) in [6, 6.07) is 9.30. The number of anilines is 1. The lowest BCUT2D eigenvalue weighted by atomic mass is 10.2. The number of rotatable bonds is 3. The van der Waals surface area contributed by atoms with Gasteiger partial charge in [0.2, 0.25) is 11.5 Å². The van der Waals surface area contributed by atoms with E-state index in [0.717, 1.165) is 11.0 Å². The van der Waals surface area contributed by atoms with Crippen LogP contribution < -0.4 is 5.73 Å². The van der Waals surface area contributed by atoms with E-state index in [-0.39, 0.29) is 23.5 Å². The lowest BCUT2D eigenvalue weighted by Gasteiger charge is -2.22. The first-order valence-electron chi connectivity index (χ1n) is 6.41. The number of para-hydroxylation sites is 1. The molecule has 2 N–H and O–H groups in total. The zero-order chi connectivity index (χ0) is 15.0.